The standard InChI is InChI=1S/C29H34N6O2/c1-20-17-25(35(32-20)29(2,3)4)28(37)34-14-10-23(11-15-34)22-5-7-24(8-6-22)27(36)31-19-21-9-13-33-16-12-30-26(33)18-21/h5-9,12-13,16-18,23H,10-11,14-15,19H2,1-4H3,(H,31,36). The number of nitrogens with zero attached hydrogens (tertiary/aromatic N) is 5. The van der Waals surface area contributed by atoms with Gasteiger partial charge in [-0.2, -0.15) is 5.10 Å². The van der Waals surface area contributed by atoms with Gasteiger partial charge in [0.25, 0.3) is 11.8 Å². The molecule has 0 radical (unpaired) electrons. The molecule has 2 amide bonds. The van der Waals surface area contributed by atoms with Crippen LogP contribution in [0.25, 0.3) is 5.65 Å². The molecule has 1 aliphatic rings. The highest BCUT2D eigenvalue weighted by atomic mass is 16.2. The normalized spacial score (nSPS) is 14.8. The van der Waals surface area contributed by atoms with Crippen molar-refractivity contribution >= 4 is 17.5 Å². The van der Waals surface area contributed by atoms with Crippen LogP contribution in [0.3, 0.4) is 0 Å². The molecule has 1 aromatic carbocycles. The van der Waals surface area contributed by atoms with E-state index in [0.29, 0.717) is 36.8 Å². The van der Waals surface area contributed by atoms with Gasteiger partial charge in [-0.3, -0.25) is 14.3 Å². The van der Waals surface area contributed by atoms with Crippen LogP contribution in [0, 0.1) is 6.92 Å². The second-order valence-corrected chi connectivity index (χ2v) is 10.9. The number of amides is 2. The summed E-state index contributed by atoms with van der Waals surface area (Å²) in [7, 11) is 0. The lowest BCUT2D eigenvalue weighted by molar-refractivity contribution is 0.0692. The minimum atomic E-state index is -0.251. The molecule has 8 heteroatoms. The van der Waals surface area contributed by atoms with E-state index in [-0.39, 0.29) is 17.4 Å². The molecular formula is C29H34N6O2. The first-order valence-electron chi connectivity index (χ1n) is 12.9. The summed E-state index contributed by atoms with van der Waals surface area (Å²) in [5.41, 5.74) is 4.98. The lowest BCUT2D eigenvalue weighted by Gasteiger charge is -2.33. The zero-order valence-corrected chi connectivity index (χ0v) is 21.9. The minimum absolute atomic E-state index is 0.0490. The molecule has 192 valence electrons. The summed E-state index contributed by atoms with van der Waals surface area (Å²) in [4.78, 5) is 32.2. The molecule has 4 aromatic rings. The van der Waals surface area contributed by atoms with E-state index in [1.807, 2.05) is 75.8 Å². The third kappa shape index (κ3) is 5.28. The van der Waals surface area contributed by atoms with Gasteiger partial charge >= 0.3 is 0 Å². The van der Waals surface area contributed by atoms with Gasteiger partial charge in [-0.25, -0.2) is 4.98 Å². The molecule has 1 aliphatic heterocycles. The number of pyridine rings is 1. The lowest BCUT2D eigenvalue weighted by Crippen LogP contribution is -2.40. The Kier molecular flexibility index (Phi) is 6.58. The van der Waals surface area contributed by atoms with Gasteiger partial charge < -0.3 is 14.6 Å². The second kappa shape index (κ2) is 9.84. The number of carbonyl (C=O) groups is 2. The van der Waals surface area contributed by atoms with Crippen LogP contribution in [0.1, 0.15) is 77.2 Å². The average molecular weight is 499 g/mol. The monoisotopic (exact) mass is 498 g/mol. The lowest BCUT2D eigenvalue weighted by atomic mass is 9.89. The van der Waals surface area contributed by atoms with Crippen molar-refractivity contribution in [2.24, 2.45) is 0 Å². The summed E-state index contributed by atoms with van der Waals surface area (Å²) >= 11 is 0. The summed E-state index contributed by atoms with van der Waals surface area (Å²) in [6, 6.07) is 13.7. The SMILES string of the molecule is Cc1cc(C(=O)N2CCC(c3ccc(C(=O)NCc4ccn5ccnc5c4)cc3)CC2)n(C(C)(C)C)n1. The topological polar surface area (TPSA) is 84.5 Å². The Labute approximate surface area is 217 Å². The fourth-order valence-corrected chi connectivity index (χ4v) is 4.99. The van der Waals surface area contributed by atoms with Crippen LogP contribution in [0.4, 0.5) is 0 Å². The molecule has 5 rings (SSSR count). The molecule has 0 bridgehead atoms. The molecule has 3 aromatic heterocycles. The van der Waals surface area contributed by atoms with Gasteiger partial charge in [0.15, 0.2) is 0 Å². The van der Waals surface area contributed by atoms with Crippen LogP contribution in [-0.2, 0) is 12.1 Å². The van der Waals surface area contributed by atoms with Gasteiger partial charge in [0.05, 0.1) is 11.2 Å². The second-order valence-electron chi connectivity index (χ2n) is 10.9. The molecule has 0 saturated carbocycles. The summed E-state index contributed by atoms with van der Waals surface area (Å²) in [5.74, 6) is 0.325. The maximum absolute atomic E-state index is 13.3. The minimum Gasteiger partial charge on any atom is -0.348 e. The van der Waals surface area contributed by atoms with E-state index in [1.54, 1.807) is 6.20 Å². The number of carbonyl (C=O) groups excluding carboxylic acids is 2. The Bertz CT molecular complexity index is 1420. The van der Waals surface area contributed by atoms with Crippen molar-refractivity contribution in [1.82, 2.24) is 29.4 Å². The van der Waals surface area contributed by atoms with Crippen molar-refractivity contribution in [1.29, 1.82) is 0 Å². The first-order valence-corrected chi connectivity index (χ1v) is 12.9. The number of fused-ring (bicyclic) bond motifs is 1. The van der Waals surface area contributed by atoms with E-state index in [9.17, 15) is 9.59 Å². The van der Waals surface area contributed by atoms with Crippen molar-refractivity contribution in [2.75, 3.05) is 13.1 Å². The molecule has 1 fully saturated rings. The van der Waals surface area contributed by atoms with Gasteiger partial charge in [0, 0.05) is 43.8 Å². The van der Waals surface area contributed by atoms with Crippen LogP contribution >= 0.6 is 0 Å². The quantitative estimate of drug-likeness (QED) is 0.438. The van der Waals surface area contributed by atoms with Crippen LogP contribution in [-0.4, -0.2) is 49.0 Å². The summed E-state index contributed by atoms with van der Waals surface area (Å²) in [6.45, 7) is 9.98. The molecule has 0 spiro atoms. The van der Waals surface area contributed by atoms with Gasteiger partial charge in [-0.05, 0) is 87.9 Å². The maximum atomic E-state index is 13.3. The zero-order chi connectivity index (χ0) is 26.2. The number of aryl methyl sites for hydroxylation is 1. The number of nitrogens with one attached hydrogen (secondary N) is 1. The van der Waals surface area contributed by atoms with Gasteiger partial charge in [-0.15, -0.1) is 0 Å². The molecule has 8 nitrogen and oxygen atoms in total. The highest BCUT2D eigenvalue weighted by Gasteiger charge is 2.29. The predicted octanol–water partition coefficient (Wildman–Crippen LogP) is 4.54. The average Bonchev–Trinajstić information content (AvgIpc) is 3.53. The third-order valence-corrected chi connectivity index (χ3v) is 7.03. The molecular weight excluding hydrogens is 464 g/mol. The van der Waals surface area contributed by atoms with Crippen LogP contribution < -0.4 is 5.32 Å². The van der Waals surface area contributed by atoms with E-state index < -0.39 is 0 Å². The number of likely N-dealkylation sites (tertiary alicyclic amines) is 1. The Morgan fingerprint density at radius 1 is 1.03 bits per heavy atom. The van der Waals surface area contributed by atoms with Crippen LogP contribution in [0.15, 0.2) is 61.1 Å². The van der Waals surface area contributed by atoms with Crippen molar-refractivity contribution in [3.8, 4) is 0 Å². The largest absolute Gasteiger partial charge is 0.348 e. The van der Waals surface area contributed by atoms with Gasteiger partial charge in [-0.1, -0.05) is 12.1 Å². The summed E-state index contributed by atoms with van der Waals surface area (Å²) < 4.78 is 3.78. The highest BCUT2D eigenvalue weighted by Crippen LogP contribution is 2.29. The summed E-state index contributed by atoms with van der Waals surface area (Å²) in [6.07, 6.45) is 7.39. The Morgan fingerprint density at radius 2 is 1.76 bits per heavy atom. The van der Waals surface area contributed by atoms with E-state index >= 15 is 0 Å². The molecule has 1 N–H and O–H groups in total. The van der Waals surface area contributed by atoms with Crippen molar-refractivity contribution in [3.63, 3.8) is 0 Å². The Balaban J connectivity index is 1.16. The fraction of sp³-hybridized carbons (Fsp3) is 0.379. The molecule has 1 saturated heterocycles. The predicted molar refractivity (Wildman–Crippen MR) is 143 cm³/mol. The summed E-state index contributed by atoms with van der Waals surface area (Å²) in [5, 5.41) is 7.55. The highest BCUT2D eigenvalue weighted by molar-refractivity contribution is 5.94. The molecule has 0 aliphatic carbocycles. The van der Waals surface area contributed by atoms with E-state index in [4.69, 9.17) is 0 Å². The smallest absolute Gasteiger partial charge is 0.272 e. The van der Waals surface area contributed by atoms with Crippen LogP contribution in [0.2, 0.25) is 0 Å². The van der Waals surface area contributed by atoms with Crippen LogP contribution in [0.5, 0.6) is 0 Å². The Morgan fingerprint density at radius 3 is 2.46 bits per heavy atom. The van der Waals surface area contributed by atoms with Crippen molar-refractivity contribution in [2.45, 2.75) is 58.5 Å². The number of hydrogen-bond acceptors (Lipinski definition) is 4. The van der Waals surface area contributed by atoms with Gasteiger partial charge in [0.1, 0.15) is 11.3 Å². The first-order chi connectivity index (χ1) is 17.7. The fourth-order valence-electron chi connectivity index (χ4n) is 4.99. The number of aromatic nitrogens is 4. The van der Waals surface area contributed by atoms with E-state index in [1.165, 1.54) is 5.56 Å². The van der Waals surface area contributed by atoms with E-state index in [0.717, 1.165) is 29.7 Å². The Hall–Kier alpha value is -3.94. The first kappa shape index (κ1) is 24.7. The van der Waals surface area contributed by atoms with Crippen molar-refractivity contribution in [3.05, 3.63) is 89.1 Å². The number of piperidine rings is 1. The zero-order valence-electron chi connectivity index (χ0n) is 21.9. The molecule has 4 heterocycles. The molecule has 0 atom stereocenters. The number of imidazole rings is 1. The number of hydrogen-bond donors (Lipinski definition) is 1. The molecule has 37 heavy (non-hydrogen) atoms. The molecule has 0 unspecified atom stereocenters. The third-order valence-electron chi connectivity index (χ3n) is 7.03. The number of benzene rings is 1. The van der Waals surface area contributed by atoms with Gasteiger partial charge in [0.2, 0.25) is 0 Å². The van der Waals surface area contributed by atoms with E-state index in [2.05, 4.69) is 36.2 Å². The van der Waals surface area contributed by atoms with Crippen molar-refractivity contribution < 1.29 is 9.59 Å². The number of rotatable bonds is 5. The maximum Gasteiger partial charge on any atom is 0.272 e.